The van der Waals surface area contributed by atoms with Crippen LogP contribution < -0.4 is 0 Å². The third-order valence-electron chi connectivity index (χ3n) is 10.2. The molecule has 180 valence electrons. The second-order valence-electron chi connectivity index (χ2n) is 12.2. The van der Waals surface area contributed by atoms with Crippen LogP contribution in [0.4, 0.5) is 0 Å². The Bertz CT molecular complexity index is 588. The zero-order chi connectivity index (χ0) is 22.2. The van der Waals surface area contributed by atoms with E-state index >= 15 is 0 Å². The summed E-state index contributed by atoms with van der Waals surface area (Å²) in [7, 11) is 0. The minimum atomic E-state index is 0.721. The first-order valence-electron chi connectivity index (χ1n) is 14.7. The largest absolute Gasteiger partial charge is 0.103 e. The van der Waals surface area contributed by atoms with Crippen LogP contribution in [0.5, 0.6) is 0 Å². The van der Waals surface area contributed by atoms with E-state index in [1.807, 2.05) is 0 Å². The van der Waals surface area contributed by atoms with Gasteiger partial charge in [-0.3, -0.25) is 0 Å². The van der Waals surface area contributed by atoms with Crippen molar-refractivity contribution in [3.05, 3.63) is 37.0 Å². The number of hydrogen-bond acceptors (Lipinski definition) is 0. The van der Waals surface area contributed by atoms with Gasteiger partial charge in [0, 0.05) is 0 Å². The predicted octanol–water partition coefficient (Wildman–Crippen LogP) is 9.92. The summed E-state index contributed by atoms with van der Waals surface area (Å²) >= 11 is 0. The van der Waals surface area contributed by atoms with Crippen LogP contribution in [0.1, 0.15) is 116 Å². The molecule has 0 heterocycles. The highest BCUT2D eigenvalue weighted by Gasteiger charge is 2.30. The maximum atomic E-state index is 4.02. The van der Waals surface area contributed by atoms with Crippen LogP contribution in [-0.4, -0.2) is 0 Å². The average Bonchev–Trinajstić information content (AvgIpc) is 2.87. The van der Waals surface area contributed by atoms with E-state index in [4.69, 9.17) is 0 Å². The Hall–Kier alpha value is -0.780. The molecular formula is C32H52. The molecule has 0 aliphatic heterocycles. The van der Waals surface area contributed by atoms with Gasteiger partial charge < -0.3 is 0 Å². The van der Waals surface area contributed by atoms with E-state index in [2.05, 4.69) is 43.9 Å². The summed E-state index contributed by atoms with van der Waals surface area (Å²) in [5, 5.41) is 0. The summed E-state index contributed by atoms with van der Waals surface area (Å²) in [6, 6.07) is 0. The van der Waals surface area contributed by atoms with Crippen molar-refractivity contribution in [2.75, 3.05) is 0 Å². The first kappa shape index (κ1) is 24.3. The molecule has 0 aromatic rings. The van der Waals surface area contributed by atoms with Crippen molar-refractivity contribution in [3.63, 3.8) is 0 Å². The standard InChI is InChI=1S/C32H52/c1-3-5-6-26-11-19-30(20-12-26)32-23-15-28(16-24-32)8-7-27-13-21-31(22-14-27)29-17-9-25(4-2)10-18-29/h4,7-8,15,23,25-32H,2-3,5-6,9-14,16-22,24H2,1H3. The number of unbranched alkanes of at least 4 members (excludes halogenated alkanes) is 1. The summed E-state index contributed by atoms with van der Waals surface area (Å²) in [6.45, 7) is 6.36. The first-order valence-corrected chi connectivity index (χ1v) is 14.7. The fourth-order valence-electron chi connectivity index (χ4n) is 7.77. The van der Waals surface area contributed by atoms with E-state index in [0.29, 0.717) is 0 Å². The van der Waals surface area contributed by atoms with Gasteiger partial charge in [0.15, 0.2) is 0 Å². The lowest BCUT2D eigenvalue weighted by molar-refractivity contribution is 0.166. The van der Waals surface area contributed by atoms with E-state index in [1.165, 1.54) is 109 Å². The van der Waals surface area contributed by atoms with E-state index in [0.717, 1.165) is 47.3 Å². The Morgan fingerprint density at radius 1 is 0.656 bits per heavy atom. The highest BCUT2D eigenvalue weighted by molar-refractivity contribution is 5.08. The molecule has 32 heavy (non-hydrogen) atoms. The van der Waals surface area contributed by atoms with Gasteiger partial charge >= 0.3 is 0 Å². The van der Waals surface area contributed by atoms with Gasteiger partial charge in [-0.2, -0.15) is 0 Å². The third-order valence-corrected chi connectivity index (χ3v) is 10.2. The molecule has 0 amide bonds. The quantitative estimate of drug-likeness (QED) is 0.332. The van der Waals surface area contributed by atoms with Crippen molar-refractivity contribution in [1.29, 1.82) is 0 Å². The van der Waals surface area contributed by atoms with Crippen LogP contribution in [0, 0.1) is 47.3 Å². The van der Waals surface area contributed by atoms with Gasteiger partial charge in [-0.05, 0) is 124 Å². The summed E-state index contributed by atoms with van der Waals surface area (Å²) in [5.41, 5.74) is 0. The minimum Gasteiger partial charge on any atom is -0.103 e. The summed E-state index contributed by atoms with van der Waals surface area (Å²) in [6.07, 6.45) is 37.4. The first-order chi connectivity index (χ1) is 15.7. The van der Waals surface area contributed by atoms with E-state index in [9.17, 15) is 0 Å². The van der Waals surface area contributed by atoms with Crippen molar-refractivity contribution >= 4 is 0 Å². The zero-order valence-corrected chi connectivity index (χ0v) is 21.2. The second kappa shape index (κ2) is 12.6. The molecule has 4 aliphatic carbocycles. The zero-order valence-electron chi connectivity index (χ0n) is 21.2. The van der Waals surface area contributed by atoms with Crippen molar-refractivity contribution < 1.29 is 0 Å². The van der Waals surface area contributed by atoms with Crippen LogP contribution in [0.15, 0.2) is 37.0 Å². The molecule has 0 nitrogen and oxygen atoms in total. The highest BCUT2D eigenvalue weighted by Crippen LogP contribution is 2.43. The lowest BCUT2D eigenvalue weighted by atomic mass is 9.69. The van der Waals surface area contributed by atoms with Gasteiger partial charge in [0.25, 0.3) is 0 Å². The molecule has 2 unspecified atom stereocenters. The Morgan fingerprint density at radius 3 is 1.84 bits per heavy atom. The molecule has 0 aromatic carbocycles. The topological polar surface area (TPSA) is 0 Å². The highest BCUT2D eigenvalue weighted by atomic mass is 14.4. The Kier molecular flexibility index (Phi) is 9.60. The normalized spacial score (nSPS) is 41.0. The molecule has 0 heteroatoms. The smallest absolute Gasteiger partial charge is 0.00531 e. The molecule has 0 bridgehead atoms. The monoisotopic (exact) mass is 436 g/mol. The molecule has 0 N–H and O–H groups in total. The van der Waals surface area contributed by atoms with E-state index in [1.54, 1.807) is 0 Å². The molecule has 3 saturated carbocycles. The SMILES string of the molecule is C=CC1CCC(C2CCC(C=CC3C=CC(C4CCC(CCCC)CC4)CC3)CC2)CC1. The van der Waals surface area contributed by atoms with Crippen LogP contribution in [-0.2, 0) is 0 Å². The average molecular weight is 437 g/mol. The Morgan fingerprint density at radius 2 is 1.28 bits per heavy atom. The van der Waals surface area contributed by atoms with Gasteiger partial charge in [0.2, 0.25) is 0 Å². The maximum Gasteiger partial charge on any atom is -0.00531 e. The molecule has 0 spiro atoms. The Labute approximate surface area is 200 Å². The van der Waals surface area contributed by atoms with E-state index < -0.39 is 0 Å². The van der Waals surface area contributed by atoms with Gasteiger partial charge in [-0.1, -0.05) is 69.4 Å². The van der Waals surface area contributed by atoms with Crippen molar-refractivity contribution in [2.24, 2.45) is 47.3 Å². The van der Waals surface area contributed by atoms with Gasteiger partial charge in [0.1, 0.15) is 0 Å². The third kappa shape index (κ3) is 6.87. The molecule has 2 atom stereocenters. The van der Waals surface area contributed by atoms with Crippen molar-refractivity contribution in [1.82, 2.24) is 0 Å². The molecule has 4 aliphatic rings. The lowest BCUT2D eigenvalue weighted by Crippen LogP contribution is -2.25. The fourth-order valence-corrected chi connectivity index (χ4v) is 7.77. The van der Waals surface area contributed by atoms with Crippen LogP contribution in [0.2, 0.25) is 0 Å². The molecule has 0 radical (unpaired) electrons. The second-order valence-corrected chi connectivity index (χ2v) is 12.2. The molecule has 4 rings (SSSR count). The fraction of sp³-hybridized carbons (Fsp3) is 0.812. The number of hydrogen-bond donors (Lipinski definition) is 0. The molecular weight excluding hydrogens is 384 g/mol. The minimum absolute atomic E-state index is 0.721. The summed E-state index contributed by atoms with van der Waals surface area (Å²) in [4.78, 5) is 0. The summed E-state index contributed by atoms with van der Waals surface area (Å²) < 4.78 is 0. The van der Waals surface area contributed by atoms with Crippen LogP contribution in [0.25, 0.3) is 0 Å². The molecule has 0 aromatic heterocycles. The van der Waals surface area contributed by atoms with Crippen molar-refractivity contribution in [3.8, 4) is 0 Å². The lowest BCUT2D eigenvalue weighted by Gasteiger charge is -2.37. The molecule has 3 fully saturated rings. The van der Waals surface area contributed by atoms with Crippen LogP contribution in [0.3, 0.4) is 0 Å². The van der Waals surface area contributed by atoms with Gasteiger partial charge in [0.05, 0.1) is 0 Å². The summed E-state index contributed by atoms with van der Waals surface area (Å²) in [5.74, 6) is 7.37. The van der Waals surface area contributed by atoms with E-state index in [-0.39, 0.29) is 0 Å². The van der Waals surface area contributed by atoms with Gasteiger partial charge in [-0.15, -0.1) is 6.58 Å². The Balaban J connectivity index is 1.14. The maximum absolute atomic E-state index is 4.02. The van der Waals surface area contributed by atoms with Crippen LogP contribution >= 0.6 is 0 Å². The van der Waals surface area contributed by atoms with Crippen molar-refractivity contribution in [2.45, 2.75) is 116 Å². The molecule has 0 saturated heterocycles. The number of rotatable bonds is 8. The number of allylic oxidation sites excluding steroid dienone is 5. The predicted molar refractivity (Wildman–Crippen MR) is 141 cm³/mol. The van der Waals surface area contributed by atoms with Gasteiger partial charge in [-0.25, -0.2) is 0 Å².